The maximum Gasteiger partial charge on any atom is 0.338 e. The van der Waals surface area contributed by atoms with Crippen molar-refractivity contribution in [1.29, 1.82) is 0 Å². The van der Waals surface area contributed by atoms with Crippen molar-refractivity contribution in [2.24, 2.45) is 0 Å². The second-order valence-corrected chi connectivity index (χ2v) is 13.0. The number of H-pyrrole nitrogens is 1. The molecule has 2 aliphatic rings. The Labute approximate surface area is 282 Å². The Morgan fingerprint density at radius 1 is 1.04 bits per heavy atom. The highest BCUT2D eigenvalue weighted by molar-refractivity contribution is 8.18. The molecule has 12 nitrogen and oxygen atoms in total. The van der Waals surface area contributed by atoms with Crippen LogP contribution in [0, 0.1) is 0 Å². The van der Waals surface area contributed by atoms with Crippen LogP contribution in [0.4, 0.5) is 4.79 Å². The van der Waals surface area contributed by atoms with Crippen LogP contribution in [0.15, 0.2) is 63.6 Å². The van der Waals surface area contributed by atoms with Crippen molar-refractivity contribution in [3.05, 3.63) is 90.7 Å². The summed E-state index contributed by atoms with van der Waals surface area (Å²) in [5.41, 5.74) is 2.84. The number of benzene rings is 2. The summed E-state index contributed by atoms with van der Waals surface area (Å²) in [6.07, 6.45) is 2.09. The number of thioether (sulfide) groups is 1. The Morgan fingerprint density at radius 3 is 2.62 bits per heavy atom. The molecule has 2 N–H and O–H groups in total. The molecule has 0 unspecified atom stereocenters. The van der Waals surface area contributed by atoms with Crippen molar-refractivity contribution >= 4 is 63.2 Å². The SMILES string of the molecule is COC(=O)c1cc(=O)[nH]c2ccc(-c3csc(/C=C4\SC(=O)N(CCCOc5ccc(C(=O)O)cc5CN5CCOCC5)C4=O)c3)cc12. The average molecular weight is 690 g/mol. The fraction of sp³-hybridized carbons (Fsp3) is 0.265. The average Bonchev–Trinajstić information content (AvgIpc) is 3.66. The quantitative estimate of drug-likeness (QED) is 0.123. The summed E-state index contributed by atoms with van der Waals surface area (Å²) < 4.78 is 16.3. The lowest BCUT2D eigenvalue weighted by Crippen LogP contribution is -2.35. The van der Waals surface area contributed by atoms with Crippen molar-refractivity contribution in [3.63, 3.8) is 0 Å². The van der Waals surface area contributed by atoms with Crippen molar-refractivity contribution < 1.29 is 38.5 Å². The first kappa shape index (κ1) is 33.2. The van der Waals surface area contributed by atoms with E-state index in [1.807, 2.05) is 17.5 Å². The number of pyridine rings is 1. The molecule has 6 rings (SSSR count). The molecule has 14 heteroatoms. The lowest BCUT2D eigenvalue weighted by atomic mass is 10.0. The second kappa shape index (κ2) is 14.6. The minimum atomic E-state index is -1.02. The highest BCUT2D eigenvalue weighted by atomic mass is 32.2. The molecular weight excluding hydrogens is 659 g/mol. The fourth-order valence-electron chi connectivity index (χ4n) is 5.50. The van der Waals surface area contributed by atoms with Crippen LogP contribution in [-0.2, 0) is 20.8 Å². The van der Waals surface area contributed by atoms with Crippen LogP contribution in [0.5, 0.6) is 5.75 Å². The summed E-state index contributed by atoms with van der Waals surface area (Å²) in [6, 6.07) is 13.2. The Hall–Kier alpha value is -4.76. The molecule has 2 amide bonds. The molecule has 0 atom stereocenters. The summed E-state index contributed by atoms with van der Waals surface area (Å²) in [4.78, 5) is 69.0. The number of aromatic nitrogens is 1. The number of thiophene rings is 1. The van der Waals surface area contributed by atoms with Crippen LogP contribution in [0.25, 0.3) is 28.1 Å². The van der Waals surface area contributed by atoms with E-state index in [9.17, 15) is 29.1 Å². The predicted molar refractivity (Wildman–Crippen MR) is 182 cm³/mol. The van der Waals surface area contributed by atoms with E-state index in [1.165, 1.54) is 35.5 Å². The highest BCUT2D eigenvalue weighted by Gasteiger charge is 2.34. The smallest absolute Gasteiger partial charge is 0.338 e. The van der Waals surface area contributed by atoms with Gasteiger partial charge >= 0.3 is 11.9 Å². The molecule has 2 saturated heterocycles. The normalized spacial score (nSPS) is 16.2. The van der Waals surface area contributed by atoms with Crippen LogP contribution < -0.4 is 10.3 Å². The van der Waals surface area contributed by atoms with Crippen LogP contribution in [0.1, 0.15) is 37.6 Å². The molecule has 4 aromatic rings. The number of morpholine rings is 1. The van der Waals surface area contributed by atoms with Crippen LogP contribution in [0.2, 0.25) is 0 Å². The number of esters is 1. The number of fused-ring (bicyclic) bond motifs is 1. The van der Waals surface area contributed by atoms with Gasteiger partial charge in [0, 0.05) is 53.6 Å². The molecule has 2 aromatic carbocycles. The Kier molecular flexibility index (Phi) is 10.1. The van der Waals surface area contributed by atoms with Crippen molar-refractivity contribution in [3.8, 4) is 16.9 Å². The standard InChI is InChI=1S/C34H31N3O9S2/c1-44-33(42)26-17-30(38)35-27-5-3-20(15-25(26)27)23-14-24(47-19-23)16-29-31(39)37(34(43)48-29)7-2-10-46-28-6-4-21(32(40)41)13-22(28)18-36-8-11-45-12-9-36/h3-6,13-17,19H,2,7-12,18H2,1H3,(H,35,38)(H,40,41)/b29-16-. The predicted octanol–water partition coefficient (Wildman–Crippen LogP) is 5.08. The van der Waals surface area contributed by atoms with Gasteiger partial charge in [-0.25, -0.2) is 9.59 Å². The van der Waals surface area contributed by atoms with Gasteiger partial charge in [0.25, 0.3) is 11.1 Å². The number of amides is 2. The first-order valence-electron chi connectivity index (χ1n) is 15.1. The number of nitrogens with one attached hydrogen (secondary N) is 1. The number of rotatable bonds is 11. The molecule has 48 heavy (non-hydrogen) atoms. The Balaban J connectivity index is 1.09. The van der Waals surface area contributed by atoms with Gasteiger partial charge in [-0.2, -0.15) is 0 Å². The number of aromatic amines is 1. The molecule has 0 spiro atoms. The van der Waals surface area contributed by atoms with Gasteiger partial charge in [0.1, 0.15) is 5.75 Å². The fourth-order valence-corrected chi connectivity index (χ4v) is 7.27. The summed E-state index contributed by atoms with van der Waals surface area (Å²) in [5, 5.41) is 11.6. The molecule has 2 aromatic heterocycles. The second-order valence-electron chi connectivity index (χ2n) is 11.1. The van der Waals surface area contributed by atoms with E-state index in [0.29, 0.717) is 47.7 Å². The number of ether oxygens (including phenoxy) is 3. The summed E-state index contributed by atoms with van der Waals surface area (Å²) >= 11 is 2.29. The minimum absolute atomic E-state index is 0.164. The molecule has 2 aliphatic heterocycles. The third-order valence-electron chi connectivity index (χ3n) is 7.94. The van der Waals surface area contributed by atoms with Gasteiger partial charge in [0.05, 0.1) is 43.0 Å². The van der Waals surface area contributed by atoms with E-state index in [2.05, 4.69) is 9.88 Å². The van der Waals surface area contributed by atoms with Gasteiger partial charge in [0.15, 0.2) is 0 Å². The van der Waals surface area contributed by atoms with Gasteiger partial charge in [-0.05, 0) is 77.2 Å². The number of methoxy groups -OCH3 is 1. The van der Waals surface area contributed by atoms with Crippen molar-refractivity contribution in [2.75, 3.05) is 46.6 Å². The number of nitrogens with zero attached hydrogens (tertiary/aromatic N) is 2. The monoisotopic (exact) mass is 689 g/mol. The zero-order chi connectivity index (χ0) is 33.8. The zero-order valence-electron chi connectivity index (χ0n) is 25.9. The van der Waals surface area contributed by atoms with Gasteiger partial charge in [-0.3, -0.25) is 24.2 Å². The number of hydrogen-bond acceptors (Lipinski definition) is 11. The Bertz CT molecular complexity index is 2000. The molecule has 4 heterocycles. The third-order valence-corrected chi connectivity index (χ3v) is 9.72. The summed E-state index contributed by atoms with van der Waals surface area (Å²) in [5.74, 6) is -1.44. The number of imide groups is 1. The molecule has 0 saturated carbocycles. The topological polar surface area (TPSA) is 156 Å². The molecule has 0 bridgehead atoms. The van der Waals surface area contributed by atoms with Gasteiger partial charge in [-0.1, -0.05) is 6.07 Å². The summed E-state index contributed by atoms with van der Waals surface area (Å²) in [6.45, 7) is 3.63. The van der Waals surface area contributed by atoms with E-state index in [4.69, 9.17) is 14.2 Å². The lowest BCUT2D eigenvalue weighted by Gasteiger charge is -2.27. The van der Waals surface area contributed by atoms with E-state index in [0.717, 1.165) is 46.4 Å². The number of carboxylic acids is 1. The summed E-state index contributed by atoms with van der Waals surface area (Å²) in [7, 11) is 1.26. The Morgan fingerprint density at radius 2 is 1.85 bits per heavy atom. The maximum atomic E-state index is 13.2. The maximum absolute atomic E-state index is 13.2. The van der Waals surface area contributed by atoms with E-state index < -0.39 is 17.5 Å². The van der Waals surface area contributed by atoms with E-state index in [-0.39, 0.29) is 35.4 Å². The molecular formula is C34H31N3O9S2. The minimum Gasteiger partial charge on any atom is -0.493 e. The van der Waals surface area contributed by atoms with Crippen LogP contribution in [0.3, 0.4) is 0 Å². The highest BCUT2D eigenvalue weighted by Crippen LogP contribution is 2.35. The molecule has 248 valence electrons. The number of aromatic carboxylic acids is 1. The van der Waals surface area contributed by atoms with Crippen molar-refractivity contribution in [2.45, 2.75) is 13.0 Å². The first-order valence-corrected chi connectivity index (χ1v) is 16.8. The number of carboxylic acid groups (broad SMARTS) is 1. The molecule has 2 fully saturated rings. The first-order chi connectivity index (χ1) is 23.2. The van der Waals surface area contributed by atoms with Gasteiger partial charge in [0.2, 0.25) is 5.56 Å². The van der Waals surface area contributed by atoms with Crippen LogP contribution >= 0.6 is 23.1 Å². The third kappa shape index (κ3) is 7.36. The van der Waals surface area contributed by atoms with Gasteiger partial charge in [-0.15, -0.1) is 11.3 Å². The zero-order valence-corrected chi connectivity index (χ0v) is 27.5. The van der Waals surface area contributed by atoms with E-state index >= 15 is 0 Å². The van der Waals surface area contributed by atoms with Gasteiger partial charge < -0.3 is 24.3 Å². The number of carbonyl (C=O) groups is 4. The largest absolute Gasteiger partial charge is 0.493 e. The lowest BCUT2D eigenvalue weighted by molar-refractivity contribution is -0.122. The van der Waals surface area contributed by atoms with Crippen molar-refractivity contribution in [1.82, 2.24) is 14.8 Å². The number of carbonyl (C=O) groups excluding carboxylic acids is 3. The van der Waals surface area contributed by atoms with Crippen LogP contribution in [-0.4, -0.2) is 89.5 Å². The molecule has 0 radical (unpaired) electrons. The molecule has 0 aliphatic carbocycles. The van der Waals surface area contributed by atoms with E-state index in [1.54, 1.807) is 30.3 Å². The number of hydrogen-bond donors (Lipinski definition) is 2.